The van der Waals surface area contributed by atoms with E-state index in [-0.39, 0.29) is 0 Å². The van der Waals surface area contributed by atoms with Gasteiger partial charge in [0.05, 0.1) is 0 Å². The summed E-state index contributed by atoms with van der Waals surface area (Å²) >= 11 is 8.48. The molecule has 3 N–H and O–H groups in total. The molecular formula is C15H15BrN2S. The van der Waals surface area contributed by atoms with E-state index in [2.05, 4.69) is 52.4 Å². The number of nitrogens with two attached hydrogens (primary N) is 1. The summed E-state index contributed by atoms with van der Waals surface area (Å²) in [4.78, 5) is 0.408. The van der Waals surface area contributed by atoms with Gasteiger partial charge in [0.25, 0.3) is 0 Å². The molecule has 0 bridgehead atoms. The van der Waals surface area contributed by atoms with Crippen LogP contribution in [0, 0.1) is 6.92 Å². The first kappa shape index (κ1) is 14.0. The van der Waals surface area contributed by atoms with Crippen molar-refractivity contribution in [2.45, 2.75) is 13.5 Å². The van der Waals surface area contributed by atoms with Crippen LogP contribution in [0.3, 0.4) is 0 Å². The standard InChI is InChI=1S/C15H15BrN2S/c1-10-2-4-11(5-3-10)9-18-14-7-6-12(15(17)19)8-13(14)16/h2-8,18H,9H2,1H3,(H2,17,19). The molecule has 2 aromatic rings. The minimum absolute atomic E-state index is 0.408. The third-order valence-electron chi connectivity index (χ3n) is 2.86. The van der Waals surface area contributed by atoms with Crippen LogP contribution in [0.5, 0.6) is 0 Å². The Hall–Kier alpha value is -1.39. The molecule has 0 unspecified atom stereocenters. The van der Waals surface area contributed by atoms with E-state index in [0.717, 1.165) is 22.3 Å². The molecule has 2 nitrogen and oxygen atoms in total. The minimum atomic E-state index is 0.408. The number of aryl methyl sites for hydroxylation is 1. The Labute approximate surface area is 127 Å². The number of anilines is 1. The molecule has 0 fully saturated rings. The van der Waals surface area contributed by atoms with Crippen molar-refractivity contribution in [1.29, 1.82) is 0 Å². The van der Waals surface area contributed by atoms with E-state index in [9.17, 15) is 0 Å². The Morgan fingerprint density at radius 2 is 1.89 bits per heavy atom. The fraction of sp³-hybridized carbons (Fsp3) is 0.133. The maximum absolute atomic E-state index is 5.60. The number of benzene rings is 2. The van der Waals surface area contributed by atoms with Crippen molar-refractivity contribution in [2.24, 2.45) is 5.73 Å². The van der Waals surface area contributed by atoms with E-state index in [1.165, 1.54) is 11.1 Å². The minimum Gasteiger partial charge on any atom is -0.389 e. The average molecular weight is 335 g/mol. The largest absolute Gasteiger partial charge is 0.389 e. The summed E-state index contributed by atoms with van der Waals surface area (Å²) in [6.07, 6.45) is 0. The summed E-state index contributed by atoms with van der Waals surface area (Å²) in [6, 6.07) is 14.3. The lowest BCUT2D eigenvalue weighted by Gasteiger charge is -2.10. The van der Waals surface area contributed by atoms with Gasteiger partial charge in [0, 0.05) is 22.3 Å². The highest BCUT2D eigenvalue weighted by Gasteiger charge is 2.03. The van der Waals surface area contributed by atoms with Crippen LogP contribution in [0.2, 0.25) is 0 Å². The van der Waals surface area contributed by atoms with Gasteiger partial charge in [-0.1, -0.05) is 42.0 Å². The molecule has 2 rings (SSSR count). The quantitative estimate of drug-likeness (QED) is 0.830. The molecule has 0 amide bonds. The Bertz CT molecular complexity index is 594. The second-order valence-corrected chi connectivity index (χ2v) is 5.69. The molecule has 0 aliphatic heterocycles. The maximum atomic E-state index is 5.60. The van der Waals surface area contributed by atoms with Gasteiger partial charge < -0.3 is 11.1 Å². The molecule has 0 spiro atoms. The molecular weight excluding hydrogens is 320 g/mol. The number of rotatable bonds is 4. The molecule has 2 aromatic carbocycles. The summed E-state index contributed by atoms with van der Waals surface area (Å²) in [7, 11) is 0. The van der Waals surface area contributed by atoms with Crippen LogP contribution >= 0.6 is 28.1 Å². The zero-order valence-corrected chi connectivity index (χ0v) is 13.0. The topological polar surface area (TPSA) is 38.0 Å². The van der Waals surface area contributed by atoms with E-state index in [4.69, 9.17) is 18.0 Å². The highest BCUT2D eigenvalue weighted by Crippen LogP contribution is 2.24. The SMILES string of the molecule is Cc1ccc(CNc2ccc(C(N)=S)cc2Br)cc1. The first-order valence-corrected chi connectivity index (χ1v) is 7.15. The van der Waals surface area contributed by atoms with Gasteiger partial charge in [-0.25, -0.2) is 0 Å². The van der Waals surface area contributed by atoms with E-state index in [1.54, 1.807) is 0 Å². The highest BCUT2D eigenvalue weighted by molar-refractivity contribution is 9.10. The fourth-order valence-corrected chi connectivity index (χ4v) is 2.36. The first-order valence-electron chi connectivity index (χ1n) is 5.95. The van der Waals surface area contributed by atoms with Crippen molar-refractivity contribution in [2.75, 3.05) is 5.32 Å². The Balaban J connectivity index is 2.07. The number of thiocarbonyl (C=S) groups is 1. The van der Waals surface area contributed by atoms with Crippen LogP contribution in [-0.4, -0.2) is 4.99 Å². The molecule has 0 aliphatic rings. The van der Waals surface area contributed by atoms with Crippen molar-refractivity contribution in [1.82, 2.24) is 0 Å². The Morgan fingerprint density at radius 1 is 1.21 bits per heavy atom. The van der Waals surface area contributed by atoms with E-state index in [1.807, 2.05) is 18.2 Å². The van der Waals surface area contributed by atoms with Crippen LogP contribution in [0.15, 0.2) is 46.9 Å². The molecule has 0 saturated carbocycles. The zero-order valence-electron chi connectivity index (χ0n) is 10.6. The van der Waals surface area contributed by atoms with Crippen molar-refractivity contribution >= 4 is 38.8 Å². The van der Waals surface area contributed by atoms with E-state index >= 15 is 0 Å². The second kappa shape index (κ2) is 6.17. The van der Waals surface area contributed by atoms with Gasteiger partial charge in [0.1, 0.15) is 4.99 Å². The van der Waals surface area contributed by atoms with Gasteiger partial charge in [-0.15, -0.1) is 0 Å². The number of hydrogen-bond acceptors (Lipinski definition) is 2. The molecule has 0 aliphatic carbocycles. The van der Waals surface area contributed by atoms with Gasteiger partial charge >= 0.3 is 0 Å². The van der Waals surface area contributed by atoms with Gasteiger partial charge in [0.15, 0.2) is 0 Å². The van der Waals surface area contributed by atoms with E-state index < -0.39 is 0 Å². The zero-order chi connectivity index (χ0) is 13.8. The fourth-order valence-electron chi connectivity index (χ4n) is 1.71. The van der Waals surface area contributed by atoms with Crippen LogP contribution < -0.4 is 11.1 Å². The van der Waals surface area contributed by atoms with Crippen LogP contribution in [0.25, 0.3) is 0 Å². The van der Waals surface area contributed by atoms with Crippen LogP contribution in [0.4, 0.5) is 5.69 Å². The maximum Gasteiger partial charge on any atom is 0.104 e. The molecule has 0 heterocycles. The van der Waals surface area contributed by atoms with Crippen molar-refractivity contribution in [3.8, 4) is 0 Å². The van der Waals surface area contributed by atoms with E-state index in [0.29, 0.717) is 4.99 Å². The number of nitrogens with one attached hydrogen (secondary N) is 1. The Morgan fingerprint density at radius 3 is 2.47 bits per heavy atom. The normalized spacial score (nSPS) is 10.2. The monoisotopic (exact) mass is 334 g/mol. The molecule has 0 atom stereocenters. The molecule has 98 valence electrons. The Kier molecular flexibility index (Phi) is 4.56. The van der Waals surface area contributed by atoms with Crippen molar-refractivity contribution in [3.63, 3.8) is 0 Å². The summed E-state index contributed by atoms with van der Waals surface area (Å²) in [6.45, 7) is 2.87. The molecule has 19 heavy (non-hydrogen) atoms. The van der Waals surface area contributed by atoms with Gasteiger partial charge in [-0.2, -0.15) is 0 Å². The predicted molar refractivity (Wildman–Crippen MR) is 88.5 cm³/mol. The molecule has 0 radical (unpaired) electrons. The lowest BCUT2D eigenvalue weighted by Crippen LogP contribution is -2.09. The first-order chi connectivity index (χ1) is 9.06. The van der Waals surface area contributed by atoms with Crippen LogP contribution in [0.1, 0.15) is 16.7 Å². The van der Waals surface area contributed by atoms with Gasteiger partial charge in [-0.3, -0.25) is 0 Å². The summed E-state index contributed by atoms with van der Waals surface area (Å²) in [5.74, 6) is 0. The molecule has 0 aromatic heterocycles. The summed E-state index contributed by atoms with van der Waals surface area (Å²) in [5.41, 5.74) is 10.0. The summed E-state index contributed by atoms with van der Waals surface area (Å²) < 4.78 is 0.963. The molecule has 0 saturated heterocycles. The lowest BCUT2D eigenvalue weighted by molar-refractivity contribution is 1.14. The van der Waals surface area contributed by atoms with Crippen LogP contribution in [-0.2, 0) is 6.54 Å². The van der Waals surface area contributed by atoms with Gasteiger partial charge in [0.2, 0.25) is 0 Å². The van der Waals surface area contributed by atoms with Crippen molar-refractivity contribution in [3.05, 3.63) is 63.6 Å². The smallest absolute Gasteiger partial charge is 0.104 e. The highest BCUT2D eigenvalue weighted by atomic mass is 79.9. The second-order valence-electron chi connectivity index (χ2n) is 4.40. The lowest BCUT2D eigenvalue weighted by atomic mass is 10.1. The number of halogens is 1. The third-order valence-corrected chi connectivity index (χ3v) is 3.75. The number of hydrogen-bond donors (Lipinski definition) is 2. The summed E-state index contributed by atoms with van der Waals surface area (Å²) in [5, 5.41) is 3.38. The van der Waals surface area contributed by atoms with Crippen molar-refractivity contribution < 1.29 is 0 Å². The predicted octanol–water partition coefficient (Wildman–Crippen LogP) is 4.00. The molecule has 4 heteroatoms. The third kappa shape index (κ3) is 3.78. The van der Waals surface area contributed by atoms with Gasteiger partial charge in [-0.05, 0) is 46.6 Å². The average Bonchev–Trinajstić information content (AvgIpc) is 2.39.